The molecule has 1 saturated carbocycles. The number of nitrogens with one attached hydrogen (secondary N) is 2. The highest BCUT2D eigenvalue weighted by Gasteiger charge is 2.25. The monoisotopic (exact) mass is 296 g/mol. The summed E-state index contributed by atoms with van der Waals surface area (Å²) in [6.45, 7) is 2.32. The molecule has 0 unspecified atom stereocenters. The van der Waals surface area contributed by atoms with Crippen LogP contribution >= 0.6 is 0 Å². The summed E-state index contributed by atoms with van der Waals surface area (Å²) < 4.78 is 0. The molecular weight excluding hydrogens is 268 g/mol. The number of nitrogens with zero attached hydrogens (tertiary/aromatic N) is 1. The summed E-state index contributed by atoms with van der Waals surface area (Å²) in [5, 5.41) is 6.41. The minimum Gasteiger partial charge on any atom is -0.369 e. The third kappa shape index (κ3) is 5.63. The second kappa shape index (κ2) is 8.34. The van der Waals surface area contributed by atoms with E-state index in [2.05, 4.69) is 10.6 Å². The number of nitrogens with two attached hydrogens (primary N) is 1. The molecule has 2 amide bonds. The lowest BCUT2D eigenvalue weighted by molar-refractivity contribution is -0.125. The summed E-state index contributed by atoms with van der Waals surface area (Å²) >= 11 is 0. The Kier molecular flexibility index (Phi) is 6.45. The van der Waals surface area contributed by atoms with Gasteiger partial charge in [-0.05, 0) is 38.8 Å². The quantitative estimate of drug-likeness (QED) is 0.642. The van der Waals surface area contributed by atoms with E-state index in [4.69, 9.17) is 5.73 Å². The Morgan fingerprint density at radius 3 is 2.33 bits per heavy atom. The molecule has 2 fully saturated rings. The summed E-state index contributed by atoms with van der Waals surface area (Å²) in [4.78, 5) is 25.4. The molecule has 0 aromatic rings. The summed E-state index contributed by atoms with van der Waals surface area (Å²) in [7, 11) is 0. The Labute approximate surface area is 126 Å². The van der Waals surface area contributed by atoms with Gasteiger partial charge in [0.25, 0.3) is 0 Å². The van der Waals surface area contributed by atoms with Gasteiger partial charge in [-0.1, -0.05) is 19.3 Å². The standard InChI is InChI=1S/C15H28N4O2/c16-14(20)10-19(13-6-8-17-9-7-13)11-15(21)18-12-4-2-1-3-5-12/h12-13,17H,1-11H2,(H2,16,20)(H,18,21). The molecule has 0 atom stereocenters. The highest BCUT2D eigenvalue weighted by Crippen LogP contribution is 2.17. The topological polar surface area (TPSA) is 87.5 Å². The lowest BCUT2D eigenvalue weighted by Gasteiger charge is -2.34. The lowest BCUT2D eigenvalue weighted by atomic mass is 9.95. The molecule has 6 nitrogen and oxygen atoms in total. The van der Waals surface area contributed by atoms with Crippen LogP contribution in [0.3, 0.4) is 0 Å². The van der Waals surface area contributed by atoms with Crippen LogP contribution in [0, 0.1) is 0 Å². The van der Waals surface area contributed by atoms with E-state index in [0.29, 0.717) is 6.04 Å². The zero-order valence-electron chi connectivity index (χ0n) is 12.8. The van der Waals surface area contributed by atoms with Crippen LogP contribution in [0.15, 0.2) is 0 Å². The van der Waals surface area contributed by atoms with Gasteiger partial charge < -0.3 is 16.4 Å². The van der Waals surface area contributed by atoms with Gasteiger partial charge in [-0.15, -0.1) is 0 Å². The fraction of sp³-hybridized carbons (Fsp3) is 0.867. The van der Waals surface area contributed by atoms with E-state index in [1.807, 2.05) is 4.90 Å². The van der Waals surface area contributed by atoms with Crippen molar-refractivity contribution in [2.45, 2.75) is 57.0 Å². The maximum absolute atomic E-state index is 12.2. The first kappa shape index (κ1) is 16.2. The van der Waals surface area contributed by atoms with Crippen LogP contribution in [0.1, 0.15) is 44.9 Å². The van der Waals surface area contributed by atoms with Gasteiger partial charge in [0, 0.05) is 12.1 Å². The first-order valence-electron chi connectivity index (χ1n) is 8.17. The zero-order chi connectivity index (χ0) is 15.1. The molecule has 2 rings (SSSR count). The van der Waals surface area contributed by atoms with E-state index in [0.717, 1.165) is 38.8 Å². The Morgan fingerprint density at radius 1 is 1.05 bits per heavy atom. The molecule has 1 aliphatic carbocycles. The van der Waals surface area contributed by atoms with Gasteiger partial charge in [-0.3, -0.25) is 14.5 Å². The van der Waals surface area contributed by atoms with E-state index in [1.165, 1.54) is 19.3 Å². The van der Waals surface area contributed by atoms with Crippen LogP contribution in [0.25, 0.3) is 0 Å². The van der Waals surface area contributed by atoms with Crippen LogP contribution in [0.2, 0.25) is 0 Å². The Balaban J connectivity index is 1.84. The molecule has 0 bridgehead atoms. The second-order valence-corrected chi connectivity index (χ2v) is 6.25. The molecule has 0 aromatic carbocycles. The normalized spacial score (nSPS) is 21.4. The molecule has 1 heterocycles. The van der Waals surface area contributed by atoms with Gasteiger partial charge in [-0.2, -0.15) is 0 Å². The van der Waals surface area contributed by atoms with E-state index in [1.54, 1.807) is 0 Å². The first-order valence-corrected chi connectivity index (χ1v) is 8.17. The third-order valence-corrected chi connectivity index (χ3v) is 4.50. The molecule has 0 spiro atoms. The van der Waals surface area contributed by atoms with Crippen molar-refractivity contribution in [3.05, 3.63) is 0 Å². The minimum atomic E-state index is -0.362. The molecule has 2 aliphatic rings. The number of hydrogen-bond acceptors (Lipinski definition) is 4. The summed E-state index contributed by atoms with van der Waals surface area (Å²) in [5.41, 5.74) is 5.33. The first-order chi connectivity index (χ1) is 10.1. The Hall–Kier alpha value is -1.14. The number of amides is 2. The van der Waals surface area contributed by atoms with Gasteiger partial charge in [-0.25, -0.2) is 0 Å². The van der Waals surface area contributed by atoms with Crippen molar-refractivity contribution in [3.63, 3.8) is 0 Å². The van der Waals surface area contributed by atoms with Crippen LogP contribution in [-0.4, -0.2) is 55.0 Å². The molecular formula is C15H28N4O2. The number of carbonyl (C=O) groups excluding carboxylic acids is 2. The lowest BCUT2D eigenvalue weighted by Crippen LogP contribution is -2.51. The summed E-state index contributed by atoms with van der Waals surface area (Å²) in [6.07, 6.45) is 7.75. The van der Waals surface area contributed by atoms with E-state index < -0.39 is 0 Å². The summed E-state index contributed by atoms with van der Waals surface area (Å²) in [6, 6.07) is 0.588. The smallest absolute Gasteiger partial charge is 0.234 e. The third-order valence-electron chi connectivity index (χ3n) is 4.50. The van der Waals surface area contributed by atoms with Crippen molar-refractivity contribution >= 4 is 11.8 Å². The van der Waals surface area contributed by atoms with Crippen molar-refractivity contribution in [2.75, 3.05) is 26.2 Å². The van der Waals surface area contributed by atoms with Gasteiger partial charge in [0.15, 0.2) is 0 Å². The van der Waals surface area contributed by atoms with Crippen LogP contribution in [0.5, 0.6) is 0 Å². The Morgan fingerprint density at radius 2 is 1.71 bits per heavy atom. The number of carbonyl (C=O) groups is 2. The van der Waals surface area contributed by atoms with Crippen LogP contribution in [-0.2, 0) is 9.59 Å². The molecule has 1 aliphatic heterocycles. The average Bonchev–Trinajstić information content (AvgIpc) is 2.48. The molecule has 21 heavy (non-hydrogen) atoms. The number of piperidine rings is 1. The molecule has 120 valence electrons. The summed E-state index contributed by atoms with van der Waals surface area (Å²) in [5.74, 6) is -0.333. The fourth-order valence-electron chi connectivity index (χ4n) is 3.39. The van der Waals surface area contributed by atoms with Gasteiger partial charge in [0.1, 0.15) is 0 Å². The number of primary amides is 1. The van der Waals surface area contributed by atoms with E-state index in [9.17, 15) is 9.59 Å². The maximum atomic E-state index is 12.2. The highest BCUT2D eigenvalue weighted by molar-refractivity contribution is 5.80. The van der Waals surface area contributed by atoms with Crippen molar-refractivity contribution in [1.82, 2.24) is 15.5 Å². The fourth-order valence-corrected chi connectivity index (χ4v) is 3.39. The van der Waals surface area contributed by atoms with E-state index in [-0.39, 0.29) is 30.9 Å². The SMILES string of the molecule is NC(=O)CN(CC(=O)NC1CCCCC1)C1CCNCC1. The van der Waals surface area contributed by atoms with Crippen LogP contribution < -0.4 is 16.4 Å². The van der Waals surface area contributed by atoms with Gasteiger partial charge in [0.2, 0.25) is 11.8 Å². The van der Waals surface area contributed by atoms with Crippen molar-refractivity contribution in [3.8, 4) is 0 Å². The Bertz CT molecular complexity index is 350. The van der Waals surface area contributed by atoms with Crippen molar-refractivity contribution in [2.24, 2.45) is 5.73 Å². The van der Waals surface area contributed by atoms with Crippen LogP contribution in [0.4, 0.5) is 0 Å². The maximum Gasteiger partial charge on any atom is 0.234 e. The largest absolute Gasteiger partial charge is 0.369 e. The predicted molar refractivity (Wildman–Crippen MR) is 81.7 cm³/mol. The molecule has 0 aromatic heterocycles. The highest BCUT2D eigenvalue weighted by atomic mass is 16.2. The van der Waals surface area contributed by atoms with Crippen molar-refractivity contribution < 1.29 is 9.59 Å². The molecule has 1 saturated heterocycles. The number of rotatable bonds is 6. The van der Waals surface area contributed by atoms with Gasteiger partial charge in [0.05, 0.1) is 13.1 Å². The number of hydrogen-bond donors (Lipinski definition) is 3. The van der Waals surface area contributed by atoms with Crippen molar-refractivity contribution in [1.29, 1.82) is 0 Å². The molecule has 6 heteroatoms. The zero-order valence-corrected chi connectivity index (χ0v) is 12.8. The minimum absolute atomic E-state index is 0.0293. The van der Waals surface area contributed by atoms with E-state index >= 15 is 0 Å². The van der Waals surface area contributed by atoms with Gasteiger partial charge >= 0.3 is 0 Å². The molecule has 0 radical (unpaired) electrons. The predicted octanol–water partition coefficient (Wildman–Crippen LogP) is -0.0254. The average molecular weight is 296 g/mol. The molecule has 4 N–H and O–H groups in total. The second-order valence-electron chi connectivity index (χ2n) is 6.25.